The van der Waals surface area contributed by atoms with E-state index in [0.29, 0.717) is 5.02 Å². The van der Waals surface area contributed by atoms with Crippen LogP contribution in [0, 0.1) is 19.7 Å². The van der Waals surface area contributed by atoms with Crippen LogP contribution in [0.5, 0.6) is 0 Å². The Balaban J connectivity index is 1.97. The Hall–Kier alpha value is -2.07. The van der Waals surface area contributed by atoms with E-state index in [1.54, 1.807) is 0 Å². The van der Waals surface area contributed by atoms with Gasteiger partial charge in [-0.25, -0.2) is 4.39 Å². The van der Waals surface area contributed by atoms with Crippen LogP contribution in [0.3, 0.4) is 0 Å². The highest BCUT2D eigenvalue weighted by atomic mass is 35.5. The molecule has 0 fully saturated rings. The largest absolute Gasteiger partial charge is 0.376 e. The zero-order valence-corrected chi connectivity index (χ0v) is 12.6. The third-order valence-electron chi connectivity index (χ3n) is 3.25. The molecular weight excluding hydrogens is 291 g/mol. The lowest BCUT2D eigenvalue weighted by atomic mass is 10.1. The fourth-order valence-corrected chi connectivity index (χ4v) is 2.06. The molecule has 2 aromatic rings. The minimum atomic E-state index is -0.553. The van der Waals surface area contributed by atoms with Crippen molar-refractivity contribution in [1.29, 1.82) is 0 Å². The number of hydrogen-bond donors (Lipinski definition) is 2. The summed E-state index contributed by atoms with van der Waals surface area (Å²) >= 11 is 5.66. The van der Waals surface area contributed by atoms with Gasteiger partial charge in [0, 0.05) is 10.7 Å². The molecule has 5 heteroatoms. The van der Waals surface area contributed by atoms with Crippen LogP contribution in [-0.2, 0) is 4.79 Å². The molecule has 0 unspecified atom stereocenters. The Bertz CT molecular complexity index is 673. The monoisotopic (exact) mass is 306 g/mol. The summed E-state index contributed by atoms with van der Waals surface area (Å²) in [6.45, 7) is 4.05. The van der Waals surface area contributed by atoms with Gasteiger partial charge in [-0.05, 0) is 49.2 Å². The molecule has 0 saturated heterocycles. The van der Waals surface area contributed by atoms with Crippen molar-refractivity contribution >= 4 is 28.9 Å². The highest BCUT2D eigenvalue weighted by Gasteiger charge is 2.08. The number of hydrogen-bond acceptors (Lipinski definition) is 2. The molecule has 2 rings (SSSR count). The van der Waals surface area contributed by atoms with Gasteiger partial charge in [-0.2, -0.15) is 0 Å². The van der Waals surface area contributed by atoms with Crippen LogP contribution in [0.4, 0.5) is 15.8 Å². The van der Waals surface area contributed by atoms with Crippen molar-refractivity contribution in [3.63, 3.8) is 0 Å². The van der Waals surface area contributed by atoms with E-state index in [1.165, 1.54) is 12.1 Å². The number of nitrogens with one attached hydrogen (secondary N) is 2. The van der Waals surface area contributed by atoms with Crippen LogP contribution in [0.25, 0.3) is 0 Å². The number of carbonyl (C=O) groups excluding carboxylic acids is 1. The third-order valence-corrected chi connectivity index (χ3v) is 3.48. The first-order valence-electron chi connectivity index (χ1n) is 6.52. The van der Waals surface area contributed by atoms with Crippen molar-refractivity contribution in [2.24, 2.45) is 0 Å². The van der Waals surface area contributed by atoms with Crippen molar-refractivity contribution in [2.75, 3.05) is 17.2 Å². The molecule has 0 bridgehead atoms. The van der Waals surface area contributed by atoms with Gasteiger partial charge in [-0.3, -0.25) is 4.79 Å². The van der Waals surface area contributed by atoms with Gasteiger partial charge in [0.25, 0.3) is 0 Å². The lowest BCUT2D eigenvalue weighted by molar-refractivity contribution is -0.114. The van der Waals surface area contributed by atoms with E-state index in [1.807, 2.05) is 32.0 Å². The lowest BCUT2D eigenvalue weighted by Gasteiger charge is -2.12. The molecule has 0 aliphatic heterocycles. The van der Waals surface area contributed by atoms with E-state index in [4.69, 9.17) is 11.6 Å². The lowest BCUT2D eigenvalue weighted by Crippen LogP contribution is -2.22. The SMILES string of the molecule is Cc1cccc(NCC(=O)Nc2ccc(Cl)cc2F)c1C. The first kappa shape index (κ1) is 15.3. The van der Waals surface area contributed by atoms with Crippen LogP contribution >= 0.6 is 11.6 Å². The highest BCUT2D eigenvalue weighted by molar-refractivity contribution is 6.30. The van der Waals surface area contributed by atoms with E-state index >= 15 is 0 Å². The molecule has 110 valence electrons. The first-order chi connectivity index (χ1) is 9.97. The van der Waals surface area contributed by atoms with Gasteiger partial charge in [-0.15, -0.1) is 0 Å². The van der Waals surface area contributed by atoms with Crippen LogP contribution < -0.4 is 10.6 Å². The minimum Gasteiger partial charge on any atom is -0.376 e. The second-order valence-corrected chi connectivity index (χ2v) is 5.21. The summed E-state index contributed by atoms with van der Waals surface area (Å²) in [6.07, 6.45) is 0. The minimum absolute atomic E-state index is 0.0619. The van der Waals surface area contributed by atoms with Crippen LogP contribution in [-0.4, -0.2) is 12.5 Å². The quantitative estimate of drug-likeness (QED) is 0.891. The van der Waals surface area contributed by atoms with Crippen molar-refractivity contribution in [1.82, 2.24) is 0 Å². The predicted molar refractivity (Wildman–Crippen MR) is 84.4 cm³/mol. The molecule has 21 heavy (non-hydrogen) atoms. The Morgan fingerprint density at radius 2 is 1.95 bits per heavy atom. The van der Waals surface area contributed by atoms with Crippen LogP contribution in [0.15, 0.2) is 36.4 Å². The molecule has 0 spiro atoms. The maximum absolute atomic E-state index is 13.6. The van der Waals surface area contributed by atoms with Gasteiger partial charge in [0.1, 0.15) is 5.82 Å². The van der Waals surface area contributed by atoms with Crippen molar-refractivity contribution in [3.05, 3.63) is 58.4 Å². The fourth-order valence-electron chi connectivity index (χ4n) is 1.90. The summed E-state index contributed by atoms with van der Waals surface area (Å²) in [4.78, 5) is 11.8. The van der Waals surface area contributed by atoms with Crippen molar-refractivity contribution in [2.45, 2.75) is 13.8 Å². The van der Waals surface area contributed by atoms with Gasteiger partial charge in [-0.1, -0.05) is 23.7 Å². The Labute approximate surface area is 128 Å². The Morgan fingerprint density at radius 3 is 2.67 bits per heavy atom. The van der Waals surface area contributed by atoms with E-state index in [0.717, 1.165) is 22.9 Å². The van der Waals surface area contributed by atoms with Gasteiger partial charge < -0.3 is 10.6 Å². The molecule has 2 aromatic carbocycles. The molecule has 2 N–H and O–H groups in total. The van der Waals surface area contributed by atoms with E-state index in [9.17, 15) is 9.18 Å². The number of rotatable bonds is 4. The number of anilines is 2. The van der Waals surface area contributed by atoms with E-state index in [2.05, 4.69) is 10.6 Å². The molecule has 0 aliphatic carbocycles. The van der Waals surface area contributed by atoms with E-state index < -0.39 is 5.82 Å². The Morgan fingerprint density at radius 1 is 1.19 bits per heavy atom. The first-order valence-corrected chi connectivity index (χ1v) is 6.90. The van der Waals surface area contributed by atoms with E-state index in [-0.39, 0.29) is 18.1 Å². The highest BCUT2D eigenvalue weighted by Crippen LogP contribution is 2.19. The zero-order chi connectivity index (χ0) is 15.4. The average Bonchev–Trinajstić information content (AvgIpc) is 2.43. The number of halogens is 2. The molecular formula is C16H16ClFN2O. The summed E-state index contributed by atoms with van der Waals surface area (Å²) in [7, 11) is 0. The maximum Gasteiger partial charge on any atom is 0.243 e. The summed E-state index contributed by atoms with van der Waals surface area (Å²) in [5.41, 5.74) is 3.24. The average molecular weight is 307 g/mol. The molecule has 1 amide bonds. The number of aryl methyl sites for hydroxylation is 1. The molecule has 0 atom stereocenters. The molecule has 0 heterocycles. The Kier molecular flexibility index (Phi) is 4.81. The van der Waals surface area contributed by atoms with Crippen LogP contribution in [0.1, 0.15) is 11.1 Å². The number of amides is 1. The number of benzene rings is 2. The summed E-state index contributed by atoms with van der Waals surface area (Å²) in [6, 6.07) is 9.95. The van der Waals surface area contributed by atoms with Gasteiger partial charge in [0.15, 0.2) is 0 Å². The zero-order valence-electron chi connectivity index (χ0n) is 11.8. The standard InChI is InChI=1S/C16H16ClFN2O/c1-10-4-3-5-14(11(10)2)19-9-16(21)20-15-7-6-12(17)8-13(15)18/h3-8,19H,9H2,1-2H3,(H,20,21). The molecule has 3 nitrogen and oxygen atoms in total. The molecule has 0 aliphatic rings. The van der Waals surface area contributed by atoms with Gasteiger partial charge >= 0.3 is 0 Å². The topological polar surface area (TPSA) is 41.1 Å². The molecule has 0 radical (unpaired) electrons. The predicted octanol–water partition coefficient (Wildman–Crippen LogP) is 4.15. The van der Waals surface area contributed by atoms with Crippen molar-refractivity contribution < 1.29 is 9.18 Å². The second-order valence-electron chi connectivity index (χ2n) is 4.77. The summed E-state index contributed by atoms with van der Waals surface area (Å²) in [5.74, 6) is -0.875. The van der Waals surface area contributed by atoms with Crippen molar-refractivity contribution in [3.8, 4) is 0 Å². The molecule has 0 aromatic heterocycles. The maximum atomic E-state index is 13.6. The van der Waals surface area contributed by atoms with Crippen LogP contribution in [0.2, 0.25) is 5.02 Å². The smallest absolute Gasteiger partial charge is 0.243 e. The molecule has 0 saturated carbocycles. The fraction of sp³-hybridized carbons (Fsp3) is 0.188. The van der Waals surface area contributed by atoms with Gasteiger partial charge in [0.05, 0.1) is 12.2 Å². The summed E-state index contributed by atoms with van der Waals surface area (Å²) in [5, 5.41) is 5.84. The second kappa shape index (κ2) is 6.59. The third kappa shape index (κ3) is 3.95. The number of carbonyl (C=O) groups is 1. The summed E-state index contributed by atoms with van der Waals surface area (Å²) < 4.78 is 13.6. The van der Waals surface area contributed by atoms with Gasteiger partial charge in [0.2, 0.25) is 5.91 Å². The normalized spacial score (nSPS) is 10.3.